The fraction of sp³-hybridized carbons (Fsp3) is 0.133. The van der Waals surface area contributed by atoms with Crippen molar-refractivity contribution in [3.8, 4) is 5.75 Å². The van der Waals surface area contributed by atoms with Gasteiger partial charge in [-0.2, -0.15) is 0 Å². The van der Waals surface area contributed by atoms with Crippen molar-refractivity contribution in [2.75, 3.05) is 18.4 Å². The third kappa shape index (κ3) is 7.84. The van der Waals surface area contributed by atoms with Crippen molar-refractivity contribution in [2.24, 2.45) is 0 Å². The molecule has 0 fully saturated rings. The number of amides is 2. The van der Waals surface area contributed by atoms with Gasteiger partial charge in [-0.15, -0.1) is 0 Å². The fourth-order valence-electron chi connectivity index (χ4n) is 4.03. The maximum absolute atomic E-state index is 13.5. The van der Waals surface area contributed by atoms with E-state index < -0.39 is 34.4 Å². The molecule has 1 atom stereocenters. The van der Waals surface area contributed by atoms with Crippen LogP contribution in [0, 0.1) is 5.82 Å². The molecule has 0 heterocycles. The van der Waals surface area contributed by atoms with E-state index in [4.69, 9.17) is 16.3 Å². The number of benzene rings is 4. The average molecular weight is 596 g/mol. The molecule has 41 heavy (non-hydrogen) atoms. The molecule has 11 heteroatoms. The molecule has 0 unspecified atom stereocenters. The first-order chi connectivity index (χ1) is 19.7. The van der Waals surface area contributed by atoms with E-state index in [1.54, 1.807) is 48.5 Å². The summed E-state index contributed by atoms with van der Waals surface area (Å²) >= 11 is 6.03. The quantitative estimate of drug-likeness (QED) is 0.249. The first kappa shape index (κ1) is 29.6. The van der Waals surface area contributed by atoms with Gasteiger partial charge in [-0.25, -0.2) is 12.8 Å². The van der Waals surface area contributed by atoms with Crippen molar-refractivity contribution < 1.29 is 27.1 Å². The number of hydrogen-bond acceptors (Lipinski definition) is 5. The van der Waals surface area contributed by atoms with Gasteiger partial charge in [-0.3, -0.25) is 14.3 Å². The van der Waals surface area contributed by atoms with E-state index in [2.05, 4.69) is 10.0 Å². The number of likely N-dealkylation sites (N-methyl/N-ethyl adjacent to an activating group) is 1. The van der Waals surface area contributed by atoms with Crippen LogP contribution in [0.4, 0.5) is 10.1 Å². The molecular weight excluding hydrogens is 569 g/mol. The number of ether oxygens (including phenoxy) is 1. The summed E-state index contributed by atoms with van der Waals surface area (Å²) in [7, 11) is -2.44. The molecule has 0 saturated heterocycles. The first-order valence-corrected chi connectivity index (χ1v) is 14.3. The number of nitrogens with zero attached hydrogens (tertiary/aromatic N) is 1. The summed E-state index contributed by atoms with van der Waals surface area (Å²) in [5.74, 6) is -1.07. The Balaban J connectivity index is 1.51. The molecule has 0 spiro atoms. The van der Waals surface area contributed by atoms with Crippen LogP contribution < -0.4 is 14.8 Å². The van der Waals surface area contributed by atoms with Crippen LogP contribution in [0.5, 0.6) is 5.75 Å². The number of nitrogens with one attached hydrogen (secondary N) is 2. The van der Waals surface area contributed by atoms with Gasteiger partial charge < -0.3 is 15.0 Å². The minimum absolute atomic E-state index is 0.0476. The predicted molar refractivity (Wildman–Crippen MR) is 154 cm³/mol. The lowest BCUT2D eigenvalue weighted by molar-refractivity contribution is -0.143. The minimum Gasteiger partial charge on any atom is -0.484 e. The third-order valence-electron chi connectivity index (χ3n) is 6.10. The summed E-state index contributed by atoms with van der Waals surface area (Å²) in [5, 5.41) is 3.17. The number of rotatable bonds is 11. The molecule has 0 aliphatic carbocycles. The molecule has 0 aliphatic heterocycles. The van der Waals surface area contributed by atoms with E-state index in [0.717, 1.165) is 17.7 Å². The van der Waals surface area contributed by atoms with Crippen LogP contribution in [0.3, 0.4) is 0 Å². The number of sulfonamides is 1. The van der Waals surface area contributed by atoms with Crippen molar-refractivity contribution >= 4 is 39.1 Å². The van der Waals surface area contributed by atoms with Gasteiger partial charge >= 0.3 is 0 Å². The van der Waals surface area contributed by atoms with Crippen LogP contribution in [0.25, 0.3) is 0 Å². The largest absolute Gasteiger partial charge is 0.484 e. The predicted octanol–water partition coefficient (Wildman–Crippen LogP) is 5.17. The zero-order valence-corrected chi connectivity index (χ0v) is 23.5. The van der Waals surface area contributed by atoms with E-state index >= 15 is 0 Å². The van der Waals surface area contributed by atoms with Crippen molar-refractivity contribution in [2.45, 2.75) is 17.5 Å². The molecule has 4 aromatic rings. The van der Waals surface area contributed by atoms with Crippen molar-refractivity contribution in [3.63, 3.8) is 0 Å². The standard InChI is InChI=1S/C30H27ClFN3O5S/c1-33-30(37)29(22-5-3-2-4-6-22)35(19-21-7-9-23(31)10-8-21)28(36)20-40-26-15-17-27(18-16-26)41(38,39)34-25-13-11-24(32)12-14-25/h2-18,29,34H,19-20H2,1H3,(H,33,37)/t29-/m0/s1. The van der Waals surface area contributed by atoms with Gasteiger partial charge in [0.2, 0.25) is 5.91 Å². The molecule has 4 rings (SSSR count). The summed E-state index contributed by atoms with van der Waals surface area (Å²) in [6, 6.07) is 25.4. The average Bonchev–Trinajstić information content (AvgIpc) is 2.98. The Morgan fingerprint density at radius 3 is 2.15 bits per heavy atom. The third-order valence-corrected chi connectivity index (χ3v) is 7.75. The van der Waals surface area contributed by atoms with Crippen molar-refractivity contribution in [1.29, 1.82) is 0 Å². The number of carbonyl (C=O) groups is 2. The van der Waals surface area contributed by atoms with Crippen LogP contribution in [-0.4, -0.2) is 38.8 Å². The SMILES string of the molecule is CNC(=O)[C@H](c1ccccc1)N(Cc1ccc(Cl)cc1)C(=O)COc1ccc(S(=O)(=O)Nc2ccc(F)cc2)cc1. The van der Waals surface area contributed by atoms with E-state index in [1.165, 1.54) is 48.3 Å². The molecule has 8 nitrogen and oxygen atoms in total. The van der Waals surface area contributed by atoms with Gasteiger partial charge in [0.25, 0.3) is 15.9 Å². The van der Waals surface area contributed by atoms with Crippen LogP contribution in [-0.2, 0) is 26.2 Å². The highest BCUT2D eigenvalue weighted by atomic mass is 35.5. The Hall–Kier alpha value is -4.41. The van der Waals surface area contributed by atoms with Crippen LogP contribution >= 0.6 is 11.6 Å². The molecule has 0 bridgehead atoms. The number of anilines is 1. The van der Waals surface area contributed by atoms with Gasteiger partial charge in [-0.05, 0) is 71.8 Å². The van der Waals surface area contributed by atoms with Gasteiger partial charge in [0, 0.05) is 24.3 Å². The second kappa shape index (κ2) is 13.3. The lowest BCUT2D eigenvalue weighted by atomic mass is 10.0. The molecule has 212 valence electrons. The van der Waals surface area contributed by atoms with Gasteiger partial charge in [0.15, 0.2) is 6.61 Å². The fourth-order valence-corrected chi connectivity index (χ4v) is 5.21. The summed E-state index contributed by atoms with van der Waals surface area (Å²) in [4.78, 5) is 27.9. The first-order valence-electron chi connectivity index (χ1n) is 12.5. The smallest absolute Gasteiger partial charge is 0.261 e. The van der Waals surface area contributed by atoms with Gasteiger partial charge in [0.1, 0.15) is 17.6 Å². The Kier molecular flexibility index (Phi) is 9.59. The Bertz CT molecular complexity index is 1580. The normalized spacial score (nSPS) is 11.8. The minimum atomic E-state index is -3.94. The van der Waals surface area contributed by atoms with Gasteiger partial charge in [-0.1, -0.05) is 54.1 Å². The highest BCUT2D eigenvalue weighted by Gasteiger charge is 2.31. The van der Waals surface area contributed by atoms with Crippen LogP contribution in [0.15, 0.2) is 108 Å². The van der Waals surface area contributed by atoms with E-state index in [0.29, 0.717) is 10.6 Å². The molecular formula is C30H27ClFN3O5S. The highest BCUT2D eigenvalue weighted by Crippen LogP contribution is 2.25. The molecule has 2 N–H and O–H groups in total. The Labute approximate surface area is 242 Å². The van der Waals surface area contributed by atoms with E-state index in [-0.39, 0.29) is 28.8 Å². The van der Waals surface area contributed by atoms with Crippen molar-refractivity contribution in [3.05, 3.63) is 125 Å². The lowest BCUT2D eigenvalue weighted by Crippen LogP contribution is -2.44. The monoisotopic (exact) mass is 595 g/mol. The summed E-state index contributed by atoms with van der Waals surface area (Å²) in [5.41, 5.74) is 1.59. The van der Waals surface area contributed by atoms with Crippen LogP contribution in [0.2, 0.25) is 5.02 Å². The molecule has 4 aromatic carbocycles. The zero-order chi connectivity index (χ0) is 29.4. The number of carbonyl (C=O) groups excluding carboxylic acids is 2. The Morgan fingerprint density at radius 2 is 1.54 bits per heavy atom. The second-order valence-corrected chi connectivity index (χ2v) is 11.1. The number of hydrogen-bond donors (Lipinski definition) is 2. The van der Waals surface area contributed by atoms with Crippen LogP contribution in [0.1, 0.15) is 17.2 Å². The zero-order valence-electron chi connectivity index (χ0n) is 22.0. The summed E-state index contributed by atoms with van der Waals surface area (Å²) < 4.78 is 46.6. The maximum Gasteiger partial charge on any atom is 0.261 e. The molecule has 0 saturated carbocycles. The maximum atomic E-state index is 13.5. The molecule has 0 aliphatic rings. The summed E-state index contributed by atoms with van der Waals surface area (Å²) in [6.07, 6.45) is 0. The summed E-state index contributed by atoms with van der Waals surface area (Å²) in [6.45, 7) is -0.299. The molecule has 2 amide bonds. The molecule has 0 aromatic heterocycles. The van der Waals surface area contributed by atoms with E-state index in [1.807, 2.05) is 6.07 Å². The highest BCUT2D eigenvalue weighted by molar-refractivity contribution is 7.92. The Morgan fingerprint density at radius 1 is 0.902 bits per heavy atom. The topological polar surface area (TPSA) is 105 Å². The van der Waals surface area contributed by atoms with Crippen molar-refractivity contribution in [1.82, 2.24) is 10.2 Å². The molecule has 0 radical (unpaired) electrons. The van der Waals surface area contributed by atoms with E-state index in [9.17, 15) is 22.4 Å². The lowest BCUT2D eigenvalue weighted by Gasteiger charge is -2.31. The number of halogens is 2. The second-order valence-electron chi connectivity index (χ2n) is 8.95. The van der Waals surface area contributed by atoms with Gasteiger partial charge in [0.05, 0.1) is 4.90 Å².